The SMILES string of the molecule is Cc1occc1-c1nnc(CCC(=O)N(CCO)Cc2ccccc2)o1. The first-order valence-electron chi connectivity index (χ1n) is 8.47. The minimum absolute atomic E-state index is 0.0675. The Balaban J connectivity index is 1.60. The monoisotopic (exact) mass is 355 g/mol. The van der Waals surface area contributed by atoms with Crippen molar-refractivity contribution in [2.24, 2.45) is 0 Å². The fraction of sp³-hybridized carbons (Fsp3) is 0.316. The molecule has 0 aliphatic carbocycles. The molecule has 0 saturated carbocycles. The van der Waals surface area contributed by atoms with Crippen molar-refractivity contribution < 1.29 is 18.7 Å². The lowest BCUT2D eigenvalue weighted by Crippen LogP contribution is -2.33. The van der Waals surface area contributed by atoms with E-state index in [9.17, 15) is 9.90 Å². The highest BCUT2D eigenvalue weighted by atomic mass is 16.4. The van der Waals surface area contributed by atoms with E-state index >= 15 is 0 Å². The average molecular weight is 355 g/mol. The molecule has 0 fully saturated rings. The standard InChI is InChI=1S/C19H21N3O4/c1-14-16(9-12-25-14)19-21-20-17(26-19)7-8-18(24)22(10-11-23)13-15-5-3-2-4-6-15/h2-6,9,12,23H,7-8,10-11,13H2,1H3. The molecule has 136 valence electrons. The molecule has 1 amide bonds. The molecule has 0 atom stereocenters. The molecule has 0 bridgehead atoms. The fourth-order valence-corrected chi connectivity index (χ4v) is 2.66. The molecule has 0 saturated heterocycles. The van der Waals surface area contributed by atoms with Crippen LogP contribution in [0.25, 0.3) is 11.5 Å². The van der Waals surface area contributed by atoms with Crippen LogP contribution in [-0.4, -0.2) is 39.3 Å². The van der Waals surface area contributed by atoms with E-state index in [1.165, 1.54) is 0 Å². The van der Waals surface area contributed by atoms with Crippen LogP contribution in [0.4, 0.5) is 0 Å². The van der Waals surface area contributed by atoms with Crippen molar-refractivity contribution in [3.8, 4) is 11.5 Å². The Kier molecular flexibility index (Phi) is 5.80. The topological polar surface area (TPSA) is 92.6 Å². The molecule has 1 aromatic carbocycles. The zero-order chi connectivity index (χ0) is 18.4. The van der Waals surface area contributed by atoms with E-state index in [4.69, 9.17) is 8.83 Å². The molecule has 0 spiro atoms. The largest absolute Gasteiger partial charge is 0.469 e. The Morgan fingerprint density at radius 3 is 2.69 bits per heavy atom. The number of nitrogens with zero attached hydrogens (tertiary/aromatic N) is 3. The van der Waals surface area contributed by atoms with E-state index in [1.54, 1.807) is 17.2 Å². The van der Waals surface area contributed by atoms with Gasteiger partial charge in [-0.3, -0.25) is 4.79 Å². The molecule has 2 aromatic heterocycles. The first-order chi connectivity index (χ1) is 12.7. The lowest BCUT2D eigenvalue weighted by Gasteiger charge is -2.21. The van der Waals surface area contributed by atoms with Gasteiger partial charge in [-0.1, -0.05) is 30.3 Å². The Bertz CT molecular complexity index is 841. The molecule has 7 nitrogen and oxygen atoms in total. The summed E-state index contributed by atoms with van der Waals surface area (Å²) in [4.78, 5) is 14.1. The molecule has 7 heteroatoms. The molecule has 3 aromatic rings. The molecule has 0 aliphatic heterocycles. The zero-order valence-electron chi connectivity index (χ0n) is 14.6. The third-order valence-electron chi connectivity index (χ3n) is 4.05. The van der Waals surface area contributed by atoms with Gasteiger partial charge in [0.15, 0.2) is 0 Å². The van der Waals surface area contributed by atoms with Crippen molar-refractivity contribution in [2.45, 2.75) is 26.3 Å². The summed E-state index contributed by atoms with van der Waals surface area (Å²) in [5.41, 5.74) is 1.77. The maximum atomic E-state index is 12.5. The van der Waals surface area contributed by atoms with Crippen molar-refractivity contribution in [3.05, 3.63) is 59.9 Å². The minimum atomic E-state index is -0.0803. The fourth-order valence-electron chi connectivity index (χ4n) is 2.66. The van der Waals surface area contributed by atoms with Crippen LogP contribution in [0.1, 0.15) is 23.6 Å². The van der Waals surface area contributed by atoms with E-state index in [-0.39, 0.29) is 25.5 Å². The number of amides is 1. The molecular formula is C19H21N3O4. The second-order valence-corrected chi connectivity index (χ2v) is 5.92. The molecular weight excluding hydrogens is 334 g/mol. The lowest BCUT2D eigenvalue weighted by atomic mass is 10.2. The summed E-state index contributed by atoms with van der Waals surface area (Å²) in [6, 6.07) is 11.4. The summed E-state index contributed by atoms with van der Waals surface area (Å²) in [6.45, 7) is 2.49. The number of hydrogen-bond donors (Lipinski definition) is 1. The van der Waals surface area contributed by atoms with Gasteiger partial charge in [0.1, 0.15) is 5.76 Å². The maximum absolute atomic E-state index is 12.5. The van der Waals surface area contributed by atoms with Crippen LogP contribution in [0.2, 0.25) is 0 Å². The van der Waals surface area contributed by atoms with Crippen LogP contribution in [0.15, 0.2) is 51.5 Å². The maximum Gasteiger partial charge on any atom is 0.251 e. The number of benzene rings is 1. The van der Waals surface area contributed by atoms with Gasteiger partial charge in [0, 0.05) is 25.9 Å². The Hall–Kier alpha value is -2.93. The molecule has 3 rings (SSSR count). The Labute approximate surface area is 151 Å². The van der Waals surface area contributed by atoms with E-state index < -0.39 is 0 Å². The predicted octanol–water partition coefficient (Wildman–Crippen LogP) is 2.59. The molecule has 0 radical (unpaired) electrons. The number of aliphatic hydroxyl groups excluding tert-OH is 1. The number of rotatable bonds is 8. The number of aliphatic hydroxyl groups is 1. The van der Waals surface area contributed by atoms with Gasteiger partial charge in [-0.05, 0) is 18.6 Å². The van der Waals surface area contributed by atoms with E-state index in [1.807, 2.05) is 37.3 Å². The minimum Gasteiger partial charge on any atom is -0.469 e. The van der Waals surface area contributed by atoms with Gasteiger partial charge in [0.25, 0.3) is 5.89 Å². The average Bonchev–Trinajstić information content (AvgIpc) is 3.28. The summed E-state index contributed by atoms with van der Waals surface area (Å²) >= 11 is 0. The Morgan fingerprint density at radius 1 is 1.19 bits per heavy atom. The highest BCUT2D eigenvalue weighted by Crippen LogP contribution is 2.23. The van der Waals surface area contributed by atoms with Crippen LogP contribution >= 0.6 is 0 Å². The summed E-state index contributed by atoms with van der Waals surface area (Å²) in [5, 5.41) is 17.2. The van der Waals surface area contributed by atoms with Crippen molar-refractivity contribution in [1.29, 1.82) is 0 Å². The number of aryl methyl sites for hydroxylation is 2. The van der Waals surface area contributed by atoms with Gasteiger partial charge in [-0.25, -0.2) is 0 Å². The molecule has 26 heavy (non-hydrogen) atoms. The van der Waals surface area contributed by atoms with Crippen molar-refractivity contribution in [1.82, 2.24) is 15.1 Å². The summed E-state index contributed by atoms with van der Waals surface area (Å²) < 4.78 is 10.8. The van der Waals surface area contributed by atoms with Gasteiger partial charge >= 0.3 is 0 Å². The van der Waals surface area contributed by atoms with Gasteiger partial charge in [0.05, 0.1) is 18.4 Å². The summed E-state index contributed by atoms with van der Waals surface area (Å²) in [7, 11) is 0. The van der Waals surface area contributed by atoms with E-state index in [2.05, 4.69) is 10.2 Å². The van der Waals surface area contributed by atoms with Gasteiger partial charge in [-0.15, -0.1) is 10.2 Å². The number of carbonyl (C=O) groups is 1. The third kappa shape index (κ3) is 4.37. The Morgan fingerprint density at radius 2 is 2.00 bits per heavy atom. The first kappa shape index (κ1) is 17.9. The quantitative estimate of drug-likeness (QED) is 0.668. The lowest BCUT2D eigenvalue weighted by molar-refractivity contribution is -0.132. The second kappa shape index (κ2) is 8.44. The molecule has 1 N–H and O–H groups in total. The van der Waals surface area contributed by atoms with E-state index in [0.29, 0.717) is 30.5 Å². The number of carbonyl (C=O) groups excluding carboxylic acids is 1. The highest BCUT2D eigenvalue weighted by molar-refractivity contribution is 5.76. The zero-order valence-corrected chi connectivity index (χ0v) is 14.6. The van der Waals surface area contributed by atoms with Crippen LogP contribution in [0, 0.1) is 6.92 Å². The van der Waals surface area contributed by atoms with Crippen LogP contribution < -0.4 is 0 Å². The van der Waals surface area contributed by atoms with E-state index in [0.717, 1.165) is 11.1 Å². The summed E-state index contributed by atoms with van der Waals surface area (Å²) in [6.07, 6.45) is 2.15. The highest BCUT2D eigenvalue weighted by Gasteiger charge is 2.17. The molecule has 2 heterocycles. The van der Waals surface area contributed by atoms with Gasteiger partial charge in [0.2, 0.25) is 11.8 Å². The molecule has 0 aliphatic rings. The normalized spacial score (nSPS) is 10.8. The smallest absolute Gasteiger partial charge is 0.251 e. The first-order valence-corrected chi connectivity index (χ1v) is 8.47. The van der Waals surface area contributed by atoms with Crippen LogP contribution in [0.5, 0.6) is 0 Å². The van der Waals surface area contributed by atoms with Crippen LogP contribution in [0.3, 0.4) is 0 Å². The number of aromatic nitrogens is 2. The number of hydrogen-bond acceptors (Lipinski definition) is 6. The van der Waals surface area contributed by atoms with Crippen molar-refractivity contribution in [3.63, 3.8) is 0 Å². The number of furan rings is 1. The second-order valence-electron chi connectivity index (χ2n) is 5.92. The molecule has 0 unspecified atom stereocenters. The van der Waals surface area contributed by atoms with Crippen molar-refractivity contribution in [2.75, 3.05) is 13.2 Å². The predicted molar refractivity (Wildman–Crippen MR) is 94.0 cm³/mol. The van der Waals surface area contributed by atoms with Crippen LogP contribution in [-0.2, 0) is 17.8 Å². The van der Waals surface area contributed by atoms with Gasteiger partial charge < -0.3 is 18.8 Å². The third-order valence-corrected chi connectivity index (χ3v) is 4.05. The van der Waals surface area contributed by atoms with Crippen molar-refractivity contribution >= 4 is 5.91 Å². The van der Waals surface area contributed by atoms with Gasteiger partial charge in [-0.2, -0.15) is 0 Å². The summed E-state index contributed by atoms with van der Waals surface area (Å²) in [5.74, 6) is 1.42.